The van der Waals surface area contributed by atoms with Gasteiger partial charge < -0.3 is 5.73 Å². The minimum atomic E-state index is 0.390. The number of benzene rings is 1. The first-order valence-corrected chi connectivity index (χ1v) is 9.84. The summed E-state index contributed by atoms with van der Waals surface area (Å²) in [6, 6.07) is 15.1. The summed E-state index contributed by atoms with van der Waals surface area (Å²) in [4.78, 5) is 6.73. The second kappa shape index (κ2) is 8.35. The Kier molecular flexibility index (Phi) is 5.49. The molecule has 0 amide bonds. The minimum Gasteiger partial charge on any atom is -0.384 e. The van der Waals surface area contributed by atoms with E-state index in [4.69, 9.17) is 5.73 Å². The Hall–Kier alpha value is -2.66. The molecule has 1 aromatic carbocycles. The minimum absolute atomic E-state index is 0.390. The van der Waals surface area contributed by atoms with Crippen molar-refractivity contribution < 1.29 is 0 Å². The van der Waals surface area contributed by atoms with Crippen molar-refractivity contribution in [2.45, 2.75) is 38.1 Å². The largest absolute Gasteiger partial charge is 0.384 e. The van der Waals surface area contributed by atoms with Gasteiger partial charge in [-0.15, -0.1) is 0 Å². The Morgan fingerprint density at radius 1 is 1.15 bits per heavy atom. The highest BCUT2D eigenvalue weighted by molar-refractivity contribution is 5.67. The Morgan fingerprint density at radius 2 is 2.04 bits per heavy atom. The van der Waals surface area contributed by atoms with Crippen LogP contribution in [0.5, 0.6) is 0 Å². The summed E-state index contributed by atoms with van der Waals surface area (Å²) in [5.74, 6) is 0.544. The molecule has 0 bridgehead atoms. The van der Waals surface area contributed by atoms with E-state index >= 15 is 0 Å². The molecule has 3 heterocycles. The molecule has 5 nitrogen and oxygen atoms in total. The predicted molar refractivity (Wildman–Crippen MR) is 109 cm³/mol. The fourth-order valence-electron chi connectivity index (χ4n) is 4.11. The van der Waals surface area contributed by atoms with Gasteiger partial charge in [-0.25, -0.2) is 4.98 Å². The Balaban J connectivity index is 1.49. The molecule has 4 rings (SSSR count). The first-order chi connectivity index (χ1) is 13.3. The van der Waals surface area contributed by atoms with Gasteiger partial charge in [-0.3, -0.25) is 10.00 Å². The highest BCUT2D eigenvalue weighted by Gasteiger charge is 2.27. The lowest BCUT2D eigenvalue weighted by molar-refractivity contribution is 0.144. The van der Waals surface area contributed by atoms with Gasteiger partial charge in [-0.05, 0) is 62.0 Å². The van der Waals surface area contributed by atoms with Crippen LogP contribution in [0, 0.1) is 0 Å². The van der Waals surface area contributed by atoms with Gasteiger partial charge in [0.05, 0.1) is 17.9 Å². The molecule has 2 aromatic heterocycles. The van der Waals surface area contributed by atoms with Crippen molar-refractivity contribution >= 4 is 5.82 Å². The molecule has 1 fully saturated rings. The van der Waals surface area contributed by atoms with E-state index in [-0.39, 0.29) is 0 Å². The van der Waals surface area contributed by atoms with Gasteiger partial charge in [-0.1, -0.05) is 36.8 Å². The highest BCUT2D eigenvalue weighted by atomic mass is 15.2. The molecule has 1 saturated heterocycles. The van der Waals surface area contributed by atoms with Crippen LogP contribution in [-0.4, -0.2) is 33.2 Å². The molecular weight excluding hydrogens is 334 g/mol. The van der Waals surface area contributed by atoms with Gasteiger partial charge in [0.1, 0.15) is 5.82 Å². The van der Waals surface area contributed by atoms with E-state index in [2.05, 4.69) is 50.4 Å². The monoisotopic (exact) mass is 361 g/mol. The lowest BCUT2D eigenvalue weighted by Crippen LogP contribution is -2.34. The van der Waals surface area contributed by atoms with Crippen molar-refractivity contribution in [2.24, 2.45) is 0 Å². The molecule has 5 heteroatoms. The zero-order chi connectivity index (χ0) is 18.5. The van der Waals surface area contributed by atoms with Gasteiger partial charge in [0, 0.05) is 11.8 Å². The number of nitrogens with one attached hydrogen (secondary N) is 1. The number of nitrogens with two attached hydrogens (primary N) is 1. The number of pyridine rings is 1. The summed E-state index contributed by atoms with van der Waals surface area (Å²) >= 11 is 0. The van der Waals surface area contributed by atoms with Crippen molar-refractivity contribution in [3.63, 3.8) is 0 Å². The molecule has 0 spiro atoms. The van der Waals surface area contributed by atoms with E-state index in [1.165, 1.54) is 36.9 Å². The fraction of sp³-hybridized carbons (Fsp3) is 0.364. The number of hydrogen-bond acceptors (Lipinski definition) is 4. The number of likely N-dealkylation sites (tertiary alicyclic amines) is 1. The maximum Gasteiger partial charge on any atom is 0.123 e. The van der Waals surface area contributed by atoms with Gasteiger partial charge >= 0.3 is 0 Å². The first-order valence-electron chi connectivity index (χ1n) is 9.84. The topological polar surface area (TPSA) is 70.8 Å². The number of aryl methyl sites for hydroxylation is 1. The number of piperidine rings is 1. The summed E-state index contributed by atoms with van der Waals surface area (Å²) in [6.45, 7) is 2.26. The SMILES string of the molecule is Nc1cc(-c2cn[nH]c2C2CCCCN2CCCc2ccccc2)ccn1. The third-order valence-corrected chi connectivity index (χ3v) is 5.46. The average Bonchev–Trinajstić information content (AvgIpc) is 3.19. The Bertz CT molecular complexity index is 858. The van der Waals surface area contributed by atoms with Crippen LogP contribution in [0.4, 0.5) is 5.82 Å². The Labute approximate surface area is 160 Å². The lowest BCUT2D eigenvalue weighted by Gasteiger charge is -2.35. The number of nitrogens with zero attached hydrogens (tertiary/aromatic N) is 3. The molecule has 27 heavy (non-hydrogen) atoms. The maximum atomic E-state index is 5.89. The predicted octanol–water partition coefficient (Wildman–Crippen LogP) is 4.21. The van der Waals surface area contributed by atoms with Crippen molar-refractivity contribution in [1.29, 1.82) is 0 Å². The van der Waals surface area contributed by atoms with Gasteiger partial charge in [0.2, 0.25) is 0 Å². The molecule has 0 radical (unpaired) electrons. The van der Waals surface area contributed by atoms with Crippen LogP contribution in [0.25, 0.3) is 11.1 Å². The number of H-pyrrole nitrogens is 1. The van der Waals surface area contributed by atoms with Crippen LogP contribution in [0.15, 0.2) is 54.9 Å². The molecular formula is C22H27N5. The third-order valence-electron chi connectivity index (χ3n) is 5.46. The van der Waals surface area contributed by atoms with Crippen LogP contribution in [-0.2, 0) is 6.42 Å². The maximum absolute atomic E-state index is 5.89. The standard InChI is InChI=1S/C22H27N5/c23-21-15-18(11-12-24-21)19-16-25-26-22(19)20-10-4-5-13-27(20)14-6-9-17-7-2-1-3-8-17/h1-3,7-8,11-12,15-16,20H,4-6,9-10,13-14H2,(H2,23,24)(H,25,26). The van der Waals surface area contributed by atoms with E-state index in [0.717, 1.165) is 30.6 Å². The molecule has 3 aromatic rings. The van der Waals surface area contributed by atoms with Gasteiger partial charge in [0.15, 0.2) is 0 Å². The fourth-order valence-corrected chi connectivity index (χ4v) is 4.11. The molecule has 140 valence electrons. The molecule has 3 N–H and O–H groups in total. The molecule has 1 aliphatic heterocycles. The average molecular weight is 361 g/mol. The zero-order valence-electron chi connectivity index (χ0n) is 15.6. The van der Waals surface area contributed by atoms with E-state index in [9.17, 15) is 0 Å². The lowest BCUT2D eigenvalue weighted by atomic mass is 9.94. The van der Waals surface area contributed by atoms with Crippen LogP contribution in [0.2, 0.25) is 0 Å². The van der Waals surface area contributed by atoms with Gasteiger partial charge in [0.25, 0.3) is 0 Å². The van der Waals surface area contributed by atoms with Crippen molar-refractivity contribution in [1.82, 2.24) is 20.1 Å². The number of aromatic nitrogens is 3. The zero-order valence-corrected chi connectivity index (χ0v) is 15.6. The number of nitrogen functional groups attached to an aromatic ring is 1. The molecule has 1 aliphatic rings. The van der Waals surface area contributed by atoms with E-state index in [1.807, 2.05) is 18.3 Å². The molecule has 0 saturated carbocycles. The summed E-state index contributed by atoms with van der Waals surface area (Å²) < 4.78 is 0. The highest BCUT2D eigenvalue weighted by Crippen LogP contribution is 2.35. The number of rotatable bonds is 6. The van der Waals surface area contributed by atoms with Crippen molar-refractivity contribution in [2.75, 3.05) is 18.8 Å². The summed E-state index contributed by atoms with van der Waals surface area (Å²) in [5, 5.41) is 7.63. The van der Waals surface area contributed by atoms with Crippen LogP contribution in [0.3, 0.4) is 0 Å². The van der Waals surface area contributed by atoms with E-state index in [1.54, 1.807) is 6.20 Å². The van der Waals surface area contributed by atoms with E-state index < -0.39 is 0 Å². The van der Waals surface area contributed by atoms with E-state index in [0.29, 0.717) is 11.9 Å². The summed E-state index contributed by atoms with van der Waals surface area (Å²) in [7, 11) is 0. The first kappa shape index (κ1) is 17.7. The van der Waals surface area contributed by atoms with Crippen LogP contribution >= 0.6 is 0 Å². The number of aromatic amines is 1. The Morgan fingerprint density at radius 3 is 2.89 bits per heavy atom. The molecule has 0 aliphatic carbocycles. The smallest absolute Gasteiger partial charge is 0.123 e. The van der Waals surface area contributed by atoms with Gasteiger partial charge in [-0.2, -0.15) is 5.10 Å². The second-order valence-corrected chi connectivity index (χ2v) is 7.30. The third kappa shape index (κ3) is 4.19. The van der Waals surface area contributed by atoms with Crippen LogP contribution in [0.1, 0.15) is 43.0 Å². The number of hydrogen-bond donors (Lipinski definition) is 2. The van der Waals surface area contributed by atoms with Crippen molar-refractivity contribution in [3.05, 3.63) is 66.1 Å². The van der Waals surface area contributed by atoms with Crippen molar-refractivity contribution in [3.8, 4) is 11.1 Å². The second-order valence-electron chi connectivity index (χ2n) is 7.30. The number of anilines is 1. The summed E-state index contributed by atoms with van der Waals surface area (Å²) in [6.07, 6.45) is 9.68. The molecule has 1 atom stereocenters. The normalized spacial score (nSPS) is 17.9. The van der Waals surface area contributed by atoms with Crippen LogP contribution < -0.4 is 5.73 Å². The summed E-state index contributed by atoms with van der Waals surface area (Å²) in [5.41, 5.74) is 10.7. The molecule has 1 unspecified atom stereocenters. The quantitative estimate of drug-likeness (QED) is 0.690.